The number of hydrogen-bond acceptors (Lipinski definition) is 2. The van der Waals surface area contributed by atoms with Gasteiger partial charge in [0.2, 0.25) is 0 Å². The molecule has 1 aliphatic rings. The van der Waals surface area contributed by atoms with E-state index < -0.39 is 0 Å². The molecule has 0 atom stereocenters. The van der Waals surface area contributed by atoms with Crippen LogP contribution in [0.15, 0.2) is 35.2 Å². The maximum absolute atomic E-state index is 2.19. The fraction of sp³-hybridized carbons (Fsp3) is 0.455. The van der Waals surface area contributed by atoms with Gasteiger partial charge in [-0.15, -0.1) is 0 Å². The predicted molar refractivity (Wildman–Crippen MR) is 62.1 cm³/mol. The second-order valence-electron chi connectivity index (χ2n) is 3.40. The summed E-state index contributed by atoms with van der Waals surface area (Å²) in [6, 6.07) is 10.7. The van der Waals surface area contributed by atoms with Crippen molar-refractivity contribution < 1.29 is 0 Å². The van der Waals surface area contributed by atoms with E-state index in [-0.39, 0.29) is 0 Å². The molecule has 0 spiro atoms. The number of rotatable bonds is 3. The van der Waals surface area contributed by atoms with Crippen LogP contribution < -0.4 is 0 Å². The Morgan fingerprint density at radius 3 is 2.38 bits per heavy atom. The quantitative estimate of drug-likeness (QED) is 0.679. The van der Waals surface area contributed by atoms with E-state index in [2.05, 4.69) is 41.1 Å². The lowest BCUT2D eigenvalue weighted by Gasteiger charge is -2.06. The molecule has 0 aliphatic heterocycles. The average molecular weight is 210 g/mol. The lowest BCUT2D eigenvalue weighted by atomic mass is 10.4. The molecule has 0 nitrogen and oxygen atoms in total. The molecule has 2 rings (SSSR count). The minimum absolute atomic E-state index is 0.908. The van der Waals surface area contributed by atoms with Gasteiger partial charge in [-0.3, -0.25) is 0 Å². The van der Waals surface area contributed by atoms with Gasteiger partial charge in [-0.25, -0.2) is 0 Å². The van der Waals surface area contributed by atoms with Gasteiger partial charge in [-0.05, 0) is 25.0 Å². The first kappa shape index (κ1) is 9.47. The molecule has 0 saturated heterocycles. The molecule has 1 aliphatic carbocycles. The first-order chi connectivity index (χ1) is 6.45. The Balaban J connectivity index is 1.79. The number of benzene rings is 1. The van der Waals surface area contributed by atoms with Crippen LogP contribution in [0, 0.1) is 0 Å². The molecular weight excluding hydrogens is 196 g/mol. The van der Waals surface area contributed by atoms with Gasteiger partial charge in [0.1, 0.15) is 0 Å². The average Bonchev–Trinajstić information content (AvgIpc) is 2.69. The molecular formula is C11H14S2. The van der Waals surface area contributed by atoms with Gasteiger partial charge < -0.3 is 0 Å². The molecule has 1 aromatic carbocycles. The second-order valence-corrected chi connectivity index (χ2v) is 5.97. The summed E-state index contributed by atoms with van der Waals surface area (Å²) in [6.07, 6.45) is 5.72. The minimum Gasteiger partial charge on any atom is -0.0855 e. The fourth-order valence-electron chi connectivity index (χ4n) is 1.58. The molecule has 70 valence electrons. The van der Waals surface area contributed by atoms with Crippen molar-refractivity contribution in [1.82, 2.24) is 0 Å². The van der Waals surface area contributed by atoms with Crippen molar-refractivity contribution in [3.05, 3.63) is 30.3 Å². The maximum atomic E-state index is 2.19. The van der Waals surface area contributed by atoms with E-state index in [1.165, 1.54) is 30.6 Å². The van der Waals surface area contributed by atoms with E-state index in [0.717, 1.165) is 5.25 Å². The minimum atomic E-state index is 0.908. The highest BCUT2D eigenvalue weighted by atomic mass is 33.1. The molecule has 0 N–H and O–H groups in total. The van der Waals surface area contributed by atoms with E-state index in [1.54, 1.807) is 0 Å². The summed E-state index contributed by atoms with van der Waals surface area (Å²) in [7, 11) is 3.99. The van der Waals surface area contributed by atoms with Crippen LogP contribution in [0.1, 0.15) is 25.7 Å². The van der Waals surface area contributed by atoms with Crippen LogP contribution in [0.5, 0.6) is 0 Å². The van der Waals surface area contributed by atoms with Crippen LogP contribution in [0.25, 0.3) is 0 Å². The molecule has 13 heavy (non-hydrogen) atoms. The zero-order chi connectivity index (χ0) is 8.93. The van der Waals surface area contributed by atoms with E-state index >= 15 is 0 Å². The van der Waals surface area contributed by atoms with Crippen LogP contribution in [-0.4, -0.2) is 5.25 Å². The third-order valence-corrected chi connectivity index (χ3v) is 5.31. The Kier molecular flexibility index (Phi) is 3.62. The van der Waals surface area contributed by atoms with E-state index in [0.29, 0.717) is 0 Å². The summed E-state index contributed by atoms with van der Waals surface area (Å²) in [5, 5.41) is 0.908. The van der Waals surface area contributed by atoms with Crippen LogP contribution in [-0.2, 0) is 0 Å². The van der Waals surface area contributed by atoms with Crippen molar-refractivity contribution in [2.75, 3.05) is 0 Å². The van der Waals surface area contributed by atoms with Crippen LogP contribution in [0.2, 0.25) is 0 Å². The summed E-state index contributed by atoms with van der Waals surface area (Å²) in [4.78, 5) is 1.39. The highest BCUT2D eigenvalue weighted by molar-refractivity contribution is 8.76. The van der Waals surface area contributed by atoms with Gasteiger partial charge in [0.15, 0.2) is 0 Å². The Morgan fingerprint density at radius 2 is 1.69 bits per heavy atom. The lowest BCUT2D eigenvalue weighted by Crippen LogP contribution is -1.89. The monoisotopic (exact) mass is 210 g/mol. The third-order valence-electron chi connectivity index (χ3n) is 2.33. The van der Waals surface area contributed by atoms with Crippen molar-refractivity contribution in [2.45, 2.75) is 35.8 Å². The first-order valence-corrected chi connectivity index (χ1v) is 7.05. The molecule has 1 saturated carbocycles. The van der Waals surface area contributed by atoms with Gasteiger partial charge in [0.05, 0.1) is 0 Å². The maximum Gasteiger partial charge on any atom is 0.0182 e. The normalized spacial score (nSPS) is 17.8. The zero-order valence-electron chi connectivity index (χ0n) is 7.61. The standard InChI is InChI=1S/C11H14S2/c1-2-6-10(7-3-1)12-13-11-8-4-5-9-11/h1-3,6-7,11H,4-5,8-9H2. The van der Waals surface area contributed by atoms with Crippen molar-refractivity contribution in [2.24, 2.45) is 0 Å². The Labute approximate surface area is 87.9 Å². The summed E-state index contributed by atoms with van der Waals surface area (Å²) in [5.41, 5.74) is 0. The van der Waals surface area contributed by atoms with Crippen molar-refractivity contribution in [3.63, 3.8) is 0 Å². The molecule has 1 aromatic rings. The molecule has 0 heterocycles. The summed E-state index contributed by atoms with van der Waals surface area (Å²) >= 11 is 0. The van der Waals surface area contributed by atoms with Gasteiger partial charge in [0, 0.05) is 10.1 Å². The highest BCUT2D eigenvalue weighted by Gasteiger charge is 2.15. The second kappa shape index (κ2) is 4.97. The Hall–Kier alpha value is -0.0800. The molecule has 0 radical (unpaired) electrons. The van der Waals surface area contributed by atoms with Gasteiger partial charge in [-0.2, -0.15) is 0 Å². The molecule has 0 bridgehead atoms. The predicted octanol–water partition coefficient (Wildman–Crippen LogP) is 4.37. The first-order valence-electron chi connectivity index (χ1n) is 4.83. The highest BCUT2D eigenvalue weighted by Crippen LogP contribution is 2.40. The molecule has 0 amide bonds. The zero-order valence-corrected chi connectivity index (χ0v) is 9.24. The van der Waals surface area contributed by atoms with Crippen molar-refractivity contribution in [3.8, 4) is 0 Å². The van der Waals surface area contributed by atoms with E-state index in [9.17, 15) is 0 Å². The fourth-order valence-corrected chi connectivity index (χ4v) is 4.28. The SMILES string of the molecule is c1ccc(SSC2CCCC2)cc1. The van der Waals surface area contributed by atoms with Crippen molar-refractivity contribution in [1.29, 1.82) is 0 Å². The Morgan fingerprint density at radius 1 is 1.00 bits per heavy atom. The van der Waals surface area contributed by atoms with Crippen LogP contribution in [0.3, 0.4) is 0 Å². The number of hydrogen-bond donors (Lipinski definition) is 0. The van der Waals surface area contributed by atoms with Crippen LogP contribution in [0.4, 0.5) is 0 Å². The molecule has 0 aromatic heterocycles. The molecule has 2 heteroatoms. The van der Waals surface area contributed by atoms with E-state index in [4.69, 9.17) is 0 Å². The molecule has 0 unspecified atom stereocenters. The topological polar surface area (TPSA) is 0 Å². The summed E-state index contributed by atoms with van der Waals surface area (Å²) in [5.74, 6) is 0. The van der Waals surface area contributed by atoms with Crippen LogP contribution >= 0.6 is 21.6 Å². The van der Waals surface area contributed by atoms with E-state index in [1.807, 2.05) is 10.8 Å². The van der Waals surface area contributed by atoms with Crippen molar-refractivity contribution >= 4 is 21.6 Å². The largest absolute Gasteiger partial charge is 0.0855 e. The third kappa shape index (κ3) is 2.96. The smallest absolute Gasteiger partial charge is 0.0182 e. The lowest BCUT2D eigenvalue weighted by molar-refractivity contribution is 0.886. The van der Waals surface area contributed by atoms with Gasteiger partial charge in [-0.1, -0.05) is 52.6 Å². The van der Waals surface area contributed by atoms with Gasteiger partial charge >= 0.3 is 0 Å². The van der Waals surface area contributed by atoms with Gasteiger partial charge in [0.25, 0.3) is 0 Å². The summed E-state index contributed by atoms with van der Waals surface area (Å²) in [6.45, 7) is 0. The molecule has 1 fully saturated rings. The summed E-state index contributed by atoms with van der Waals surface area (Å²) < 4.78 is 0. The Bertz CT molecular complexity index is 240.